The molecule has 0 bridgehead atoms. The fraction of sp³-hybridized carbons (Fsp3) is 0.217. The van der Waals surface area contributed by atoms with Crippen LogP contribution in [0.4, 0.5) is 0 Å². The Bertz CT molecular complexity index is 1360. The topological polar surface area (TPSA) is 83.2 Å². The number of carbonyl (C=O) groups excluding carboxylic acids is 2. The summed E-state index contributed by atoms with van der Waals surface area (Å²) >= 11 is 0. The molecule has 0 aliphatic rings. The van der Waals surface area contributed by atoms with E-state index in [1.807, 2.05) is 38.1 Å². The van der Waals surface area contributed by atoms with Crippen LogP contribution in [-0.4, -0.2) is 33.0 Å². The van der Waals surface area contributed by atoms with Crippen molar-refractivity contribution < 1.29 is 14.3 Å². The van der Waals surface area contributed by atoms with Crippen LogP contribution in [0.5, 0.6) is 0 Å². The van der Waals surface area contributed by atoms with Crippen LogP contribution in [0, 0.1) is 6.92 Å². The van der Waals surface area contributed by atoms with E-state index >= 15 is 0 Å². The van der Waals surface area contributed by atoms with E-state index in [1.54, 1.807) is 0 Å². The Balaban J connectivity index is 1.75. The number of methoxy groups -OCH3 is 1. The van der Waals surface area contributed by atoms with Gasteiger partial charge >= 0.3 is 5.97 Å². The number of fused-ring (bicyclic) bond motifs is 2. The molecule has 2 heterocycles. The van der Waals surface area contributed by atoms with Crippen molar-refractivity contribution in [2.24, 2.45) is 0 Å². The van der Waals surface area contributed by atoms with Crippen LogP contribution < -0.4 is 5.56 Å². The summed E-state index contributed by atoms with van der Waals surface area (Å²) in [6.07, 6.45) is 1.35. The minimum atomic E-state index is -0.499. The standard InChI is InChI=1S/C23H21N3O4/c1-4-26-14(2)21(17-7-5-6-8-19(17)26)20(27)12-25-13-24-18-11-15(23(29)30-3)9-10-16(18)22(25)28/h5-11,13H,4,12H2,1-3H3. The number of aryl methyl sites for hydroxylation is 1. The van der Waals surface area contributed by atoms with Crippen molar-refractivity contribution in [2.75, 3.05) is 7.11 Å². The van der Waals surface area contributed by atoms with Crippen LogP contribution >= 0.6 is 0 Å². The Kier molecular flexibility index (Phi) is 4.95. The van der Waals surface area contributed by atoms with E-state index in [4.69, 9.17) is 4.74 Å². The molecular formula is C23H21N3O4. The minimum Gasteiger partial charge on any atom is -0.465 e. The fourth-order valence-electron chi connectivity index (χ4n) is 3.94. The molecule has 4 rings (SSSR count). The van der Waals surface area contributed by atoms with Gasteiger partial charge in [-0.1, -0.05) is 18.2 Å². The SMILES string of the molecule is CCn1c(C)c(C(=O)Cn2cnc3cc(C(=O)OC)ccc3c2=O)c2ccccc21. The summed E-state index contributed by atoms with van der Waals surface area (Å²) in [5, 5.41) is 1.22. The lowest BCUT2D eigenvalue weighted by Gasteiger charge is -2.08. The molecule has 0 fully saturated rings. The summed E-state index contributed by atoms with van der Waals surface area (Å²) in [7, 11) is 1.29. The van der Waals surface area contributed by atoms with Crippen LogP contribution in [-0.2, 0) is 17.8 Å². The first-order valence-electron chi connectivity index (χ1n) is 9.64. The highest BCUT2D eigenvalue weighted by Crippen LogP contribution is 2.26. The predicted molar refractivity (Wildman–Crippen MR) is 114 cm³/mol. The zero-order valence-electron chi connectivity index (χ0n) is 17.0. The summed E-state index contributed by atoms with van der Waals surface area (Å²) in [5.74, 6) is -0.647. The lowest BCUT2D eigenvalue weighted by Crippen LogP contribution is -2.25. The van der Waals surface area contributed by atoms with E-state index in [9.17, 15) is 14.4 Å². The van der Waals surface area contributed by atoms with Crippen molar-refractivity contribution in [3.63, 3.8) is 0 Å². The molecule has 0 atom stereocenters. The Morgan fingerprint density at radius 3 is 2.60 bits per heavy atom. The molecule has 2 aromatic heterocycles. The Morgan fingerprint density at radius 2 is 1.87 bits per heavy atom. The van der Waals surface area contributed by atoms with Crippen molar-refractivity contribution in [1.29, 1.82) is 0 Å². The van der Waals surface area contributed by atoms with Gasteiger partial charge in [0.1, 0.15) is 0 Å². The Morgan fingerprint density at radius 1 is 1.10 bits per heavy atom. The number of para-hydroxylation sites is 1. The van der Waals surface area contributed by atoms with Gasteiger partial charge in [0.25, 0.3) is 5.56 Å². The van der Waals surface area contributed by atoms with Gasteiger partial charge in [-0.15, -0.1) is 0 Å². The smallest absolute Gasteiger partial charge is 0.337 e. The van der Waals surface area contributed by atoms with E-state index < -0.39 is 5.97 Å². The molecule has 7 heteroatoms. The van der Waals surface area contributed by atoms with Gasteiger partial charge in [-0.3, -0.25) is 14.2 Å². The number of hydrogen-bond donors (Lipinski definition) is 0. The first-order valence-corrected chi connectivity index (χ1v) is 9.64. The van der Waals surface area contributed by atoms with Crippen molar-refractivity contribution in [1.82, 2.24) is 14.1 Å². The van der Waals surface area contributed by atoms with E-state index in [0.717, 1.165) is 23.1 Å². The highest BCUT2D eigenvalue weighted by atomic mass is 16.5. The second-order valence-electron chi connectivity index (χ2n) is 7.05. The second kappa shape index (κ2) is 7.59. The van der Waals surface area contributed by atoms with Gasteiger partial charge < -0.3 is 9.30 Å². The number of Topliss-reactive ketones (excluding diaryl/α,β-unsaturated/α-hetero) is 1. The summed E-state index contributed by atoms with van der Waals surface area (Å²) in [4.78, 5) is 42.1. The number of ketones is 1. The van der Waals surface area contributed by atoms with Gasteiger partial charge in [-0.05, 0) is 38.1 Å². The monoisotopic (exact) mass is 403 g/mol. The fourth-order valence-corrected chi connectivity index (χ4v) is 3.94. The third-order valence-electron chi connectivity index (χ3n) is 5.39. The molecule has 0 N–H and O–H groups in total. The number of benzene rings is 2. The van der Waals surface area contributed by atoms with Crippen molar-refractivity contribution in [3.05, 3.63) is 76.0 Å². The summed E-state index contributed by atoms with van der Waals surface area (Å²) < 4.78 is 8.10. The van der Waals surface area contributed by atoms with Crippen LogP contribution in [0.15, 0.2) is 53.6 Å². The lowest BCUT2D eigenvalue weighted by molar-refractivity contribution is 0.0600. The van der Waals surface area contributed by atoms with E-state index in [2.05, 4.69) is 9.55 Å². The maximum atomic E-state index is 13.2. The molecule has 0 unspecified atom stereocenters. The highest BCUT2D eigenvalue weighted by molar-refractivity contribution is 6.09. The van der Waals surface area contributed by atoms with Crippen molar-refractivity contribution in [2.45, 2.75) is 26.9 Å². The molecule has 0 aliphatic heterocycles. The maximum absolute atomic E-state index is 13.2. The molecule has 0 aliphatic carbocycles. The lowest BCUT2D eigenvalue weighted by atomic mass is 10.1. The number of carbonyl (C=O) groups is 2. The minimum absolute atomic E-state index is 0.112. The van der Waals surface area contributed by atoms with Crippen LogP contribution in [0.1, 0.15) is 33.3 Å². The van der Waals surface area contributed by atoms with Gasteiger partial charge in [-0.25, -0.2) is 9.78 Å². The van der Waals surface area contributed by atoms with Gasteiger partial charge in [-0.2, -0.15) is 0 Å². The average molecular weight is 403 g/mol. The van der Waals surface area contributed by atoms with Crippen molar-refractivity contribution >= 4 is 33.6 Å². The molecule has 152 valence electrons. The third-order valence-corrected chi connectivity index (χ3v) is 5.39. The van der Waals surface area contributed by atoms with Crippen LogP contribution in [0.2, 0.25) is 0 Å². The van der Waals surface area contributed by atoms with Crippen LogP contribution in [0.3, 0.4) is 0 Å². The predicted octanol–water partition coefficient (Wildman–Crippen LogP) is 3.35. The molecular weight excluding hydrogens is 382 g/mol. The van der Waals surface area contributed by atoms with E-state index in [0.29, 0.717) is 22.0 Å². The second-order valence-corrected chi connectivity index (χ2v) is 7.05. The summed E-state index contributed by atoms with van der Waals surface area (Å²) in [6, 6.07) is 12.3. The number of esters is 1. The zero-order chi connectivity index (χ0) is 21.4. The molecule has 0 saturated carbocycles. The molecule has 2 aromatic carbocycles. The Hall–Kier alpha value is -3.74. The van der Waals surface area contributed by atoms with Gasteiger partial charge in [0.2, 0.25) is 0 Å². The van der Waals surface area contributed by atoms with Crippen LogP contribution in [0.25, 0.3) is 21.8 Å². The third kappa shape index (κ3) is 3.08. The van der Waals surface area contributed by atoms with Gasteiger partial charge in [0.15, 0.2) is 5.78 Å². The quantitative estimate of drug-likeness (QED) is 0.377. The molecule has 0 radical (unpaired) electrons. The number of aromatic nitrogens is 3. The average Bonchev–Trinajstić information content (AvgIpc) is 3.05. The van der Waals surface area contributed by atoms with Gasteiger partial charge in [0, 0.05) is 28.7 Å². The van der Waals surface area contributed by atoms with E-state index in [-0.39, 0.29) is 17.9 Å². The highest BCUT2D eigenvalue weighted by Gasteiger charge is 2.20. The zero-order valence-corrected chi connectivity index (χ0v) is 17.0. The Labute approximate surface area is 172 Å². The molecule has 0 spiro atoms. The molecule has 30 heavy (non-hydrogen) atoms. The summed E-state index contributed by atoms with van der Waals surface area (Å²) in [5.41, 5.74) is 2.87. The number of rotatable bonds is 5. The van der Waals surface area contributed by atoms with Crippen molar-refractivity contribution in [3.8, 4) is 0 Å². The molecule has 0 amide bonds. The number of nitrogens with zero attached hydrogens (tertiary/aromatic N) is 3. The van der Waals surface area contributed by atoms with E-state index in [1.165, 1.54) is 36.2 Å². The summed E-state index contributed by atoms with van der Waals surface area (Å²) in [6.45, 7) is 4.60. The number of hydrogen-bond acceptors (Lipinski definition) is 5. The van der Waals surface area contributed by atoms with Gasteiger partial charge in [0.05, 0.1) is 36.4 Å². The largest absolute Gasteiger partial charge is 0.465 e. The maximum Gasteiger partial charge on any atom is 0.337 e. The first-order chi connectivity index (χ1) is 14.5. The molecule has 4 aromatic rings. The first kappa shape index (κ1) is 19.6. The molecule has 7 nitrogen and oxygen atoms in total. The molecule has 0 saturated heterocycles. The number of ether oxygens (including phenoxy) is 1. The normalized spacial score (nSPS) is 11.2.